The maximum Gasteiger partial charge on any atom is 0.227 e. The third kappa shape index (κ3) is 4.34. The number of nitrogens with one attached hydrogen (secondary N) is 2. The van der Waals surface area contributed by atoms with E-state index in [4.69, 9.17) is 0 Å². The lowest BCUT2D eigenvalue weighted by atomic mass is 9.96. The standard InChI is InChI=1S/C23H28N2O/c1-16(2)14-18-8-10-19(11-9-18)17(3)23(26)24-13-12-20-15-25-22-7-5-4-6-21(20)22/h4-11,15-17,25H,12-14H2,1-3H3,(H,24,26). The topological polar surface area (TPSA) is 44.9 Å². The molecule has 1 atom stereocenters. The predicted molar refractivity (Wildman–Crippen MR) is 108 cm³/mol. The number of aromatic nitrogens is 1. The average Bonchev–Trinajstić information content (AvgIpc) is 3.04. The zero-order chi connectivity index (χ0) is 18.5. The number of benzene rings is 2. The van der Waals surface area contributed by atoms with Gasteiger partial charge in [0.1, 0.15) is 0 Å². The number of rotatable bonds is 7. The van der Waals surface area contributed by atoms with Crippen molar-refractivity contribution in [2.75, 3.05) is 6.54 Å². The molecule has 1 unspecified atom stereocenters. The molecule has 0 saturated heterocycles. The number of fused-ring (bicyclic) bond motifs is 1. The second kappa shape index (κ2) is 8.22. The molecule has 3 aromatic rings. The summed E-state index contributed by atoms with van der Waals surface area (Å²) >= 11 is 0. The van der Waals surface area contributed by atoms with Crippen LogP contribution in [0, 0.1) is 5.92 Å². The Bertz CT molecular complexity index is 861. The number of amides is 1. The van der Waals surface area contributed by atoms with Crippen LogP contribution in [-0.4, -0.2) is 17.4 Å². The van der Waals surface area contributed by atoms with Gasteiger partial charge in [0, 0.05) is 23.6 Å². The van der Waals surface area contributed by atoms with Crippen LogP contribution < -0.4 is 5.32 Å². The van der Waals surface area contributed by atoms with E-state index in [-0.39, 0.29) is 11.8 Å². The van der Waals surface area contributed by atoms with Crippen molar-refractivity contribution in [2.45, 2.75) is 39.5 Å². The van der Waals surface area contributed by atoms with Gasteiger partial charge >= 0.3 is 0 Å². The second-order valence-corrected chi connectivity index (χ2v) is 7.46. The molecule has 0 bridgehead atoms. The molecule has 136 valence electrons. The fraction of sp³-hybridized carbons (Fsp3) is 0.348. The van der Waals surface area contributed by atoms with Crippen LogP contribution in [0.1, 0.15) is 43.4 Å². The van der Waals surface area contributed by atoms with E-state index in [9.17, 15) is 4.79 Å². The van der Waals surface area contributed by atoms with E-state index >= 15 is 0 Å². The molecule has 2 aromatic carbocycles. The Morgan fingerprint density at radius 2 is 1.77 bits per heavy atom. The molecule has 1 amide bonds. The number of carbonyl (C=O) groups excluding carboxylic acids is 1. The quantitative estimate of drug-likeness (QED) is 0.631. The van der Waals surface area contributed by atoms with E-state index in [0.29, 0.717) is 12.5 Å². The number of para-hydroxylation sites is 1. The molecule has 0 aliphatic heterocycles. The minimum atomic E-state index is -0.133. The Balaban J connectivity index is 1.54. The molecule has 0 saturated carbocycles. The van der Waals surface area contributed by atoms with Crippen molar-refractivity contribution in [3.05, 3.63) is 71.4 Å². The summed E-state index contributed by atoms with van der Waals surface area (Å²) in [7, 11) is 0. The molecule has 0 fully saturated rings. The van der Waals surface area contributed by atoms with Crippen molar-refractivity contribution >= 4 is 16.8 Å². The summed E-state index contributed by atoms with van der Waals surface area (Å²) in [6.45, 7) is 7.06. The van der Waals surface area contributed by atoms with Crippen molar-refractivity contribution in [1.29, 1.82) is 0 Å². The molecule has 1 heterocycles. The lowest BCUT2D eigenvalue weighted by molar-refractivity contribution is -0.122. The molecule has 0 spiro atoms. The average molecular weight is 348 g/mol. The van der Waals surface area contributed by atoms with Gasteiger partial charge in [-0.2, -0.15) is 0 Å². The summed E-state index contributed by atoms with van der Waals surface area (Å²) < 4.78 is 0. The molecule has 3 heteroatoms. The van der Waals surface area contributed by atoms with Crippen molar-refractivity contribution in [3.8, 4) is 0 Å². The smallest absolute Gasteiger partial charge is 0.227 e. The van der Waals surface area contributed by atoms with Crippen molar-refractivity contribution in [3.63, 3.8) is 0 Å². The van der Waals surface area contributed by atoms with E-state index in [1.165, 1.54) is 16.5 Å². The maximum absolute atomic E-state index is 12.5. The van der Waals surface area contributed by atoms with Crippen LogP contribution in [-0.2, 0) is 17.6 Å². The van der Waals surface area contributed by atoms with E-state index < -0.39 is 0 Å². The van der Waals surface area contributed by atoms with E-state index in [1.807, 2.05) is 25.3 Å². The molecule has 3 nitrogen and oxygen atoms in total. The van der Waals surface area contributed by atoms with E-state index in [0.717, 1.165) is 23.9 Å². The Hall–Kier alpha value is -2.55. The molecule has 0 radical (unpaired) electrons. The first-order valence-electron chi connectivity index (χ1n) is 9.46. The van der Waals surface area contributed by atoms with Gasteiger partial charge in [-0.1, -0.05) is 56.3 Å². The van der Waals surface area contributed by atoms with E-state index in [1.54, 1.807) is 0 Å². The SMILES string of the molecule is CC(C)Cc1ccc(C(C)C(=O)NCCc2c[nH]c3ccccc23)cc1. The first-order valence-corrected chi connectivity index (χ1v) is 9.46. The van der Waals surface area contributed by atoms with Crippen LogP contribution in [0.5, 0.6) is 0 Å². The molecule has 0 aliphatic carbocycles. The normalized spacial score (nSPS) is 12.5. The van der Waals surface area contributed by atoms with Crippen molar-refractivity contribution in [2.24, 2.45) is 5.92 Å². The predicted octanol–water partition coefficient (Wildman–Crippen LogP) is 4.83. The molecule has 2 N–H and O–H groups in total. The summed E-state index contributed by atoms with van der Waals surface area (Å²) in [5.74, 6) is 0.596. The first-order chi connectivity index (χ1) is 12.5. The monoisotopic (exact) mass is 348 g/mol. The lowest BCUT2D eigenvalue weighted by Crippen LogP contribution is -2.29. The summed E-state index contributed by atoms with van der Waals surface area (Å²) in [5, 5.41) is 4.31. The minimum Gasteiger partial charge on any atom is -0.361 e. The van der Waals surface area contributed by atoms with Gasteiger partial charge in [0.15, 0.2) is 0 Å². The highest BCUT2D eigenvalue weighted by molar-refractivity contribution is 5.84. The number of hydrogen-bond acceptors (Lipinski definition) is 1. The van der Waals surface area contributed by atoms with E-state index in [2.05, 4.69) is 60.5 Å². The highest BCUT2D eigenvalue weighted by atomic mass is 16.1. The number of H-pyrrole nitrogens is 1. The van der Waals surface area contributed by atoms with Crippen molar-refractivity contribution in [1.82, 2.24) is 10.3 Å². The number of aromatic amines is 1. The molecular formula is C23H28N2O. The maximum atomic E-state index is 12.5. The highest BCUT2D eigenvalue weighted by Crippen LogP contribution is 2.19. The summed E-state index contributed by atoms with van der Waals surface area (Å²) in [4.78, 5) is 15.8. The Morgan fingerprint density at radius 3 is 2.50 bits per heavy atom. The second-order valence-electron chi connectivity index (χ2n) is 7.46. The first kappa shape index (κ1) is 18.2. The van der Waals surface area contributed by atoms with Crippen LogP contribution in [0.25, 0.3) is 10.9 Å². The van der Waals surface area contributed by atoms with Crippen LogP contribution in [0.4, 0.5) is 0 Å². The Labute approximate surface area is 155 Å². The summed E-state index contributed by atoms with van der Waals surface area (Å²) in [6, 6.07) is 16.7. The third-order valence-corrected chi connectivity index (χ3v) is 4.89. The fourth-order valence-corrected chi connectivity index (χ4v) is 3.38. The van der Waals surface area contributed by atoms with Crippen LogP contribution in [0.15, 0.2) is 54.7 Å². The number of carbonyl (C=O) groups is 1. The van der Waals surface area contributed by atoms with Gasteiger partial charge in [-0.25, -0.2) is 0 Å². The van der Waals surface area contributed by atoms with Gasteiger partial charge in [-0.3, -0.25) is 4.79 Å². The summed E-state index contributed by atoms with van der Waals surface area (Å²) in [5.41, 5.74) is 4.79. The third-order valence-electron chi connectivity index (χ3n) is 4.89. The molecular weight excluding hydrogens is 320 g/mol. The Morgan fingerprint density at radius 1 is 1.04 bits per heavy atom. The Kier molecular flexibility index (Phi) is 5.77. The van der Waals surface area contributed by atoms with Crippen molar-refractivity contribution < 1.29 is 4.79 Å². The highest BCUT2D eigenvalue weighted by Gasteiger charge is 2.15. The molecule has 26 heavy (non-hydrogen) atoms. The van der Waals surface area contributed by atoms with Crippen LogP contribution in [0.2, 0.25) is 0 Å². The van der Waals surface area contributed by atoms with Gasteiger partial charge in [-0.05, 0) is 48.4 Å². The molecule has 1 aromatic heterocycles. The molecule has 0 aliphatic rings. The minimum absolute atomic E-state index is 0.0847. The van der Waals surface area contributed by atoms with Gasteiger partial charge < -0.3 is 10.3 Å². The van der Waals surface area contributed by atoms with Gasteiger partial charge in [0.2, 0.25) is 5.91 Å². The van der Waals surface area contributed by atoms with Gasteiger partial charge in [-0.15, -0.1) is 0 Å². The number of hydrogen-bond donors (Lipinski definition) is 2. The summed E-state index contributed by atoms with van der Waals surface area (Å²) in [6.07, 6.45) is 3.94. The molecule has 3 rings (SSSR count). The zero-order valence-corrected chi connectivity index (χ0v) is 15.9. The fourth-order valence-electron chi connectivity index (χ4n) is 3.38. The zero-order valence-electron chi connectivity index (χ0n) is 15.9. The van der Waals surface area contributed by atoms with Crippen LogP contribution in [0.3, 0.4) is 0 Å². The van der Waals surface area contributed by atoms with Crippen LogP contribution >= 0.6 is 0 Å². The van der Waals surface area contributed by atoms with Gasteiger partial charge in [0.05, 0.1) is 5.92 Å². The lowest BCUT2D eigenvalue weighted by Gasteiger charge is -2.13. The van der Waals surface area contributed by atoms with Gasteiger partial charge in [0.25, 0.3) is 0 Å². The largest absolute Gasteiger partial charge is 0.361 e.